The van der Waals surface area contributed by atoms with Crippen molar-refractivity contribution in [2.24, 2.45) is 0 Å². The van der Waals surface area contributed by atoms with E-state index in [-0.39, 0.29) is 30.2 Å². The van der Waals surface area contributed by atoms with Gasteiger partial charge in [0.15, 0.2) is 17.4 Å². The number of halogens is 2. The fraction of sp³-hybridized carbons (Fsp3) is 0.433. The van der Waals surface area contributed by atoms with Crippen molar-refractivity contribution in [3.05, 3.63) is 64.1 Å². The SMILES string of the molecule is C=CC(=O)N1CCN(c2nc(=O)n(CC3CCCN3C)c3c4c(c(C)cc23)-c2c(ccc(F)c2F)CO4)[C@@H](C)C1. The van der Waals surface area contributed by atoms with Crippen LogP contribution in [0, 0.1) is 18.6 Å². The van der Waals surface area contributed by atoms with E-state index in [4.69, 9.17) is 4.74 Å². The molecule has 0 spiro atoms. The van der Waals surface area contributed by atoms with E-state index in [1.54, 1.807) is 15.5 Å². The maximum atomic E-state index is 15.3. The number of likely N-dealkylation sites (tertiary alicyclic amines) is 1. The van der Waals surface area contributed by atoms with Crippen molar-refractivity contribution in [3.63, 3.8) is 0 Å². The van der Waals surface area contributed by atoms with Crippen LogP contribution in [0.25, 0.3) is 22.0 Å². The summed E-state index contributed by atoms with van der Waals surface area (Å²) >= 11 is 0. The number of ether oxygens (including phenoxy) is 1. The van der Waals surface area contributed by atoms with Gasteiger partial charge in [0.05, 0.1) is 5.52 Å². The predicted octanol–water partition coefficient (Wildman–Crippen LogP) is 3.86. The van der Waals surface area contributed by atoms with Crippen molar-refractivity contribution in [2.75, 3.05) is 38.1 Å². The van der Waals surface area contributed by atoms with Crippen LogP contribution in [0.5, 0.6) is 5.75 Å². The van der Waals surface area contributed by atoms with Gasteiger partial charge in [0.1, 0.15) is 12.4 Å². The third-order valence-electron chi connectivity index (χ3n) is 8.65. The maximum absolute atomic E-state index is 15.3. The number of carbonyl (C=O) groups is 1. The summed E-state index contributed by atoms with van der Waals surface area (Å²) in [5.41, 5.74) is 2.03. The van der Waals surface area contributed by atoms with E-state index in [1.807, 2.05) is 31.9 Å². The smallest absolute Gasteiger partial charge is 0.350 e. The zero-order chi connectivity index (χ0) is 28.3. The number of hydrogen-bond donors (Lipinski definition) is 0. The lowest BCUT2D eigenvalue weighted by molar-refractivity contribution is -0.126. The zero-order valence-electron chi connectivity index (χ0n) is 23.0. The standard InChI is InChI=1S/C30H33F2N5O3/c1-5-23(38)35-11-12-36(18(3)14-35)29-21-13-17(2)24-25-19(8-9-22(31)26(25)32)16-40-28(24)27(21)37(30(39)33-29)15-20-7-6-10-34(20)4/h5,8-9,13,18,20H,1,6-7,10-12,14-16H2,2-4H3/t18-,20?/m0/s1. The predicted molar refractivity (Wildman–Crippen MR) is 150 cm³/mol. The molecular weight excluding hydrogens is 516 g/mol. The molecule has 2 fully saturated rings. The lowest BCUT2D eigenvalue weighted by atomic mass is 9.91. The van der Waals surface area contributed by atoms with E-state index in [9.17, 15) is 14.0 Å². The van der Waals surface area contributed by atoms with Crippen molar-refractivity contribution in [1.29, 1.82) is 0 Å². The second kappa shape index (κ2) is 9.99. The van der Waals surface area contributed by atoms with Crippen LogP contribution in [0.4, 0.5) is 14.6 Å². The van der Waals surface area contributed by atoms with Crippen molar-refractivity contribution in [3.8, 4) is 16.9 Å². The highest BCUT2D eigenvalue weighted by Gasteiger charge is 2.34. The number of hydrogen-bond acceptors (Lipinski definition) is 6. The van der Waals surface area contributed by atoms with Gasteiger partial charge >= 0.3 is 5.69 Å². The van der Waals surface area contributed by atoms with Crippen LogP contribution < -0.4 is 15.3 Å². The van der Waals surface area contributed by atoms with Crippen molar-refractivity contribution >= 4 is 22.6 Å². The molecule has 1 amide bonds. The van der Waals surface area contributed by atoms with Crippen LogP contribution in [-0.4, -0.2) is 70.6 Å². The Kier molecular flexibility index (Phi) is 6.60. The second-order valence-electron chi connectivity index (χ2n) is 11.1. The molecule has 0 saturated carbocycles. The quantitative estimate of drug-likeness (QED) is 0.461. The van der Waals surface area contributed by atoms with Gasteiger partial charge in [0.25, 0.3) is 0 Å². The maximum Gasteiger partial charge on any atom is 0.350 e. The molecule has 4 heterocycles. The van der Waals surface area contributed by atoms with Gasteiger partial charge in [-0.1, -0.05) is 12.6 Å². The number of carbonyl (C=O) groups excluding carboxylic acids is 1. The number of likely N-dealkylation sites (N-methyl/N-ethyl adjacent to an activating group) is 1. The van der Waals surface area contributed by atoms with Gasteiger partial charge < -0.3 is 19.4 Å². The van der Waals surface area contributed by atoms with E-state index in [1.165, 1.54) is 6.08 Å². The van der Waals surface area contributed by atoms with Crippen molar-refractivity contribution in [2.45, 2.75) is 51.9 Å². The Balaban J connectivity index is 1.58. The lowest BCUT2D eigenvalue weighted by Crippen LogP contribution is -2.54. The van der Waals surface area contributed by atoms with Gasteiger partial charge in [-0.15, -0.1) is 0 Å². The Morgan fingerprint density at radius 1 is 1.23 bits per heavy atom. The Hall–Kier alpha value is -3.79. The van der Waals surface area contributed by atoms with Crippen LogP contribution in [0.15, 0.2) is 35.6 Å². The topological polar surface area (TPSA) is 70.9 Å². The average molecular weight is 550 g/mol. The molecule has 2 atom stereocenters. The molecule has 2 aromatic carbocycles. The fourth-order valence-electron chi connectivity index (χ4n) is 6.51. The normalized spacial score (nSPS) is 20.8. The number of benzene rings is 2. The first-order valence-electron chi connectivity index (χ1n) is 13.8. The van der Waals surface area contributed by atoms with Gasteiger partial charge in [0, 0.05) is 60.3 Å². The van der Waals surface area contributed by atoms with Crippen LogP contribution in [-0.2, 0) is 17.9 Å². The van der Waals surface area contributed by atoms with Gasteiger partial charge in [-0.2, -0.15) is 4.98 Å². The first-order valence-corrected chi connectivity index (χ1v) is 13.8. The molecule has 0 radical (unpaired) electrons. The lowest BCUT2D eigenvalue weighted by Gasteiger charge is -2.41. The molecule has 6 rings (SSSR count). The molecule has 10 heteroatoms. The van der Waals surface area contributed by atoms with Crippen molar-refractivity contribution < 1.29 is 18.3 Å². The highest BCUT2D eigenvalue weighted by Crippen LogP contribution is 2.47. The summed E-state index contributed by atoms with van der Waals surface area (Å²) in [5, 5.41) is 0.715. The van der Waals surface area contributed by atoms with Gasteiger partial charge in [-0.3, -0.25) is 9.36 Å². The molecular formula is C30H33F2N5O3. The second-order valence-corrected chi connectivity index (χ2v) is 11.1. The summed E-state index contributed by atoms with van der Waals surface area (Å²) in [6.07, 6.45) is 3.29. The summed E-state index contributed by atoms with van der Waals surface area (Å²) in [5.74, 6) is -1.09. The third kappa shape index (κ3) is 4.16. The largest absolute Gasteiger partial charge is 0.486 e. The summed E-state index contributed by atoms with van der Waals surface area (Å²) in [7, 11) is 2.04. The first-order chi connectivity index (χ1) is 19.2. The van der Waals surface area contributed by atoms with Crippen LogP contribution in [0.2, 0.25) is 0 Å². The average Bonchev–Trinajstić information content (AvgIpc) is 3.35. The molecule has 3 aliphatic rings. The van der Waals surface area contributed by atoms with Crippen LogP contribution >= 0.6 is 0 Å². The molecule has 0 bridgehead atoms. The summed E-state index contributed by atoms with van der Waals surface area (Å²) in [6.45, 7) is 10.3. The molecule has 40 heavy (non-hydrogen) atoms. The number of piperazine rings is 1. The highest BCUT2D eigenvalue weighted by atomic mass is 19.2. The number of nitrogens with zero attached hydrogens (tertiary/aromatic N) is 5. The number of rotatable bonds is 4. The summed E-state index contributed by atoms with van der Waals surface area (Å²) < 4.78 is 37.7. The highest BCUT2D eigenvalue weighted by molar-refractivity contribution is 6.01. The molecule has 3 aromatic rings. The van der Waals surface area contributed by atoms with E-state index in [2.05, 4.69) is 16.5 Å². The van der Waals surface area contributed by atoms with Gasteiger partial charge in [-0.25, -0.2) is 13.6 Å². The van der Waals surface area contributed by atoms with E-state index < -0.39 is 17.3 Å². The Morgan fingerprint density at radius 3 is 2.73 bits per heavy atom. The third-order valence-corrected chi connectivity index (χ3v) is 8.65. The number of anilines is 1. The number of amides is 1. The molecule has 2 saturated heterocycles. The molecule has 210 valence electrons. The molecule has 8 nitrogen and oxygen atoms in total. The number of fused-ring (bicyclic) bond motifs is 5. The fourth-order valence-corrected chi connectivity index (χ4v) is 6.51. The number of aryl methyl sites for hydroxylation is 1. The van der Waals surface area contributed by atoms with Crippen LogP contribution in [0.3, 0.4) is 0 Å². The zero-order valence-corrected chi connectivity index (χ0v) is 23.0. The minimum Gasteiger partial charge on any atom is -0.486 e. The number of aromatic nitrogens is 2. The molecule has 1 aromatic heterocycles. The molecule has 1 unspecified atom stereocenters. The first kappa shape index (κ1) is 26.4. The van der Waals surface area contributed by atoms with E-state index >= 15 is 4.39 Å². The van der Waals surface area contributed by atoms with E-state index in [0.29, 0.717) is 65.3 Å². The minimum atomic E-state index is -0.924. The minimum absolute atomic E-state index is 0.0615. The van der Waals surface area contributed by atoms with Gasteiger partial charge in [0.2, 0.25) is 5.91 Å². The summed E-state index contributed by atoms with van der Waals surface area (Å²) in [6, 6.07) is 4.59. The molecule has 0 aliphatic carbocycles. The Morgan fingerprint density at radius 2 is 2.02 bits per heavy atom. The molecule has 0 N–H and O–H groups in total. The van der Waals surface area contributed by atoms with Crippen LogP contribution in [0.1, 0.15) is 30.9 Å². The van der Waals surface area contributed by atoms with E-state index in [0.717, 1.165) is 25.5 Å². The molecule has 3 aliphatic heterocycles. The Bertz CT molecular complexity index is 1600. The van der Waals surface area contributed by atoms with Gasteiger partial charge in [-0.05, 0) is 64.1 Å². The van der Waals surface area contributed by atoms with Crippen molar-refractivity contribution in [1.82, 2.24) is 19.4 Å². The monoisotopic (exact) mass is 549 g/mol. The Labute approximate surface area is 231 Å². The summed E-state index contributed by atoms with van der Waals surface area (Å²) in [4.78, 5) is 36.7.